The van der Waals surface area contributed by atoms with Gasteiger partial charge in [0.05, 0.1) is 0 Å². The lowest BCUT2D eigenvalue weighted by Gasteiger charge is -2.12. The fraction of sp³-hybridized carbons (Fsp3) is 0.176. The van der Waals surface area contributed by atoms with E-state index < -0.39 is 0 Å². The highest BCUT2D eigenvalue weighted by atomic mass is 35.5. The van der Waals surface area contributed by atoms with Gasteiger partial charge < -0.3 is 10.9 Å². The van der Waals surface area contributed by atoms with Crippen LogP contribution in [-0.2, 0) is 6.54 Å². The molecule has 0 saturated carbocycles. The monoisotopic (exact) mass is 389 g/mol. The van der Waals surface area contributed by atoms with Gasteiger partial charge >= 0.3 is 0 Å². The number of rotatable bonds is 4. The summed E-state index contributed by atoms with van der Waals surface area (Å²) < 4.78 is 1.60. The third-order valence-electron chi connectivity index (χ3n) is 3.97. The summed E-state index contributed by atoms with van der Waals surface area (Å²) in [6.07, 6.45) is 3.58. The number of hydrogen-bond acceptors (Lipinski definition) is 6. The molecule has 0 atom stereocenters. The Kier molecular flexibility index (Phi) is 5.15. The molecule has 9 heteroatoms. The molecule has 0 fully saturated rings. The Morgan fingerprint density at radius 1 is 1.38 bits per heavy atom. The van der Waals surface area contributed by atoms with Crippen LogP contribution in [0.4, 0.5) is 0 Å². The van der Waals surface area contributed by atoms with Crippen LogP contribution in [0.15, 0.2) is 45.6 Å². The molecule has 3 rings (SSSR count). The number of benzene rings is 1. The standard InChI is InChI=1S/C17H16ClN5O2S/c1-3-23-15-10(8-20-17(21-15)26-2)6-12(16(23)24)11-5-4-9(7-13(11)18)14(19)22-25/h4-8,25H,3H2,1-2H3,(H2,19,22). The summed E-state index contributed by atoms with van der Waals surface area (Å²) in [6, 6.07) is 6.61. The summed E-state index contributed by atoms with van der Waals surface area (Å²) in [5, 5.41) is 13.4. The molecule has 2 heterocycles. The van der Waals surface area contributed by atoms with Gasteiger partial charge in [-0.05, 0) is 25.3 Å². The predicted molar refractivity (Wildman–Crippen MR) is 104 cm³/mol. The average molecular weight is 390 g/mol. The fourth-order valence-electron chi connectivity index (χ4n) is 2.68. The van der Waals surface area contributed by atoms with Crippen molar-refractivity contribution in [1.29, 1.82) is 0 Å². The first-order valence-corrected chi connectivity index (χ1v) is 9.32. The van der Waals surface area contributed by atoms with Gasteiger partial charge in [-0.2, -0.15) is 0 Å². The Hall–Kier alpha value is -2.58. The van der Waals surface area contributed by atoms with Crippen LogP contribution < -0.4 is 11.3 Å². The summed E-state index contributed by atoms with van der Waals surface area (Å²) in [4.78, 5) is 21.7. The van der Waals surface area contributed by atoms with Gasteiger partial charge in [0.2, 0.25) is 0 Å². The third kappa shape index (κ3) is 3.13. The second-order valence-electron chi connectivity index (χ2n) is 5.42. The molecule has 0 bridgehead atoms. The van der Waals surface area contributed by atoms with Gasteiger partial charge in [0.15, 0.2) is 11.0 Å². The van der Waals surface area contributed by atoms with Crippen LogP contribution in [0.5, 0.6) is 0 Å². The van der Waals surface area contributed by atoms with Crippen LogP contribution in [-0.4, -0.2) is 31.8 Å². The summed E-state index contributed by atoms with van der Waals surface area (Å²) in [5.41, 5.74) is 7.45. The van der Waals surface area contributed by atoms with Crippen molar-refractivity contribution in [3.05, 3.63) is 51.4 Å². The Morgan fingerprint density at radius 3 is 2.77 bits per heavy atom. The van der Waals surface area contributed by atoms with Crippen molar-refractivity contribution in [2.45, 2.75) is 18.6 Å². The smallest absolute Gasteiger partial charge is 0.260 e. The molecule has 0 aliphatic heterocycles. The molecule has 0 radical (unpaired) electrons. The molecule has 3 aromatic rings. The molecule has 0 amide bonds. The topological polar surface area (TPSA) is 106 Å². The number of pyridine rings is 1. The van der Waals surface area contributed by atoms with Gasteiger partial charge in [-0.15, -0.1) is 0 Å². The zero-order valence-corrected chi connectivity index (χ0v) is 15.7. The highest BCUT2D eigenvalue weighted by Crippen LogP contribution is 2.28. The lowest BCUT2D eigenvalue weighted by atomic mass is 10.0. The number of nitrogens with zero attached hydrogens (tertiary/aromatic N) is 4. The van der Waals surface area contributed by atoms with E-state index in [4.69, 9.17) is 22.5 Å². The van der Waals surface area contributed by atoms with Crippen molar-refractivity contribution in [2.75, 3.05) is 6.26 Å². The largest absolute Gasteiger partial charge is 0.409 e. The Morgan fingerprint density at radius 2 is 2.15 bits per heavy atom. The molecule has 0 aliphatic carbocycles. The molecular formula is C17H16ClN5O2S. The van der Waals surface area contributed by atoms with E-state index in [0.29, 0.717) is 39.1 Å². The molecule has 2 aromatic heterocycles. The SMILES string of the molecule is CCn1c(=O)c(-c2ccc(/C(N)=N/O)cc2Cl)cc2cnc(SC)nc21. The summed E-state index contributed by atoms with van der Waals surface area (Å²) in [7, 11) is 0. The van der Waals surface area contributed by atoms with Crippen LogP contribution >= 0.6 is 23.4 Å². The first-order valence-electron chi connectivity index (χ1n) is 7.72. The van der Waals surface area contributed by atoms with E-state index in [2.05, 4.69) is 15.1 Å². The van der Waals surface area contributed by atoms with Gasteiger partial charge in [0, 0.05) is 39.8 Å². The van der Waals surface area contributed by atoms with Gasteiger partial charge in [0.1, 0.15) is 5.65 Å². The van der Waals surface area contributed by atoms with Crippen molar-refractivity contribution in [3.63, 3.8) is 0 Å². The summed E-state index contributed by atoms with van der Waals surface area (Å²) in [5.74, 6) is -0.0547. The van der Waals surface area contributed by atoms with Gasteiger partial charge in [0.25, 0.3) is 5.56 Å². The molecule has 0 saturated heterocycles. The maximum atomic E-state index is 13.0. The Labute approximate surface area is 158 Å². The fourth-order valence-corrected chi connectivity index (χ4v) is 3.30. The number of hydrogen-bond donors (Lipinski definition) is 2. The third-order valence-corrected chi connectivity index (χ3v) is 4.84. The highest BCUT2D eigenvalue weighted by molar-refractivity contribution is 7.98. The van der Waals surface area contributed by atoms with Crippen molar-refractivity contribution < 1.29 is 5.21 Å². The predicted octanol–water partition coefficient (Wildman–Crippen LogP) is 2.95. The first kappa shape index (κ1) is 18.2. The molecule has 0 aliphatic rings. The quantitative estimate of drug-likeness (QED) is 0.177. The van der Waals surface area contributed by atoms with Crippen LogP contribution in [0.3, 0.4) is 0 Å². The molecule has 0 spiro atoms. The van der Waals surface area contributed by atoms with Crippen molar-refractivity contribution in [1.82, 2.24) is 14.5 Å². The summed E-state index contributed by atoms with van der Waals surface area (Å²) in [6.45, 7) is 2.35. The van der Waals surface area contributed by atoms with E-state index in [9.17, 15) is 4.79 Å². The number of nitrogens with two attached hydrogens (primary N) is 1. The maximum Gasteiger partial charge on any atom is 0.260 e. The number of oxime groups is 1. The van der Waals surface area contributed by atoms with E-state index in [1.54, 1.807) is 35.0 Å². The zero-order valence-electron chi connectivity index (χ0n) is 14.1. The second kappa shape index (κ2) is 7.35. The van der Waals surface area contributed by atoms with E-state index >= 15 is 0 Å². The normalized spacial score (nSPS) is 11.9. The zero-order chi connectivity index (χ0) is 18.8. The van der Waals surface area contributed by atoms with Crippen LogP contribution in [0.25, 0.3) is 22.2 Å². The van der Waals surface area contributed by atoms with E-state index in [-0.39, 0.29) is 11.4 Å². The Balaban J connectivity index is 2.26. The molecule has 26 heavy (non-hydrogen) atoms. The minimum atomic E-state index is -0.191. The number of fused-ring (bicyclic) bond motifs is 1. The molecule has 3 N–H and O–H groups in total. The number of amidine groups is 1. The van der Waals surface area contributed by atoms with Crippen LogP contribution in [0.1, 0.15) is 12.5 Å². The Bertz CT molecular complexity index is 1080. The van der Waals surface area contributed by atoms with E-state index in [1.807, 2.05) is 13.2 Å². The molecular weight excluding hydrogens is 374 g/mol. The summed E-state index contributed by atoms with van der Waals surface area (Å²) >= 11 is 7.77. The second-order valence-corrected chi connectivity index (χ2v) is 6.60. The highest BCUT2D eigenvalue weighted by Gasteiger charge is 2.15. The first-order chi connectivity index (χ1) is 12.5. The molecule has 1 aromatic carbocycles. The minimum absolute atomic E-state index is 0.0547. The number of halogens is 1. The molecule has 0 unspecified atom stereocenters. The lowest BCUT2D eigenvalue weighted by molar-refractivity contribution is 0.318. The van der Waals surface area contributed by atoms with Crippen LogP contribution in [0.2, 0.25) is 5.02 Å². The van der Waals surface area contributed by atoms with Gasteiger partial charge in [-0.25, -0.2) is 9.97 Å². The van der Waals surface area contributed by atoms with Gasteiger partial charge in [-0.3, -0.25) is 9.36 Å². The van der Waals surface area contributed by atoms with Crippen molar-refractivity contribution in [3.8, 4) is 11.1 Å². The van der Waals surface area contributed by atoms with Crippen molar-refractivity contribution >= 4 is 40.2 Å². The minimum Gasteiger partial charge on any atom is -0.409 e. The number of aryl methyl sites for hydroxylation is 1. The number of aromatic nitrogens is 3. The lowest BCUT2D eigenvalue weighted by Crippen LogP contribution is -2.22. The average Bonchev–Trinajstić information content (AvgIpc) is 2.66. The number of thioether (sulfide) groups is 1. The van der Waals surface area contributed by atoms with Crippen molar-refractivity contribution in [2.24, 2.45) is 10.9 Å². The van der Waals surface area contributed by atoms with E-state index in [0.717, 1.165) is 5.39 Å². The van der Waals surface area contributed by atoms with Crippen LogP contribution in [0, 0.1) is 0 Å². The van der Waals surface area contributed by atoms with E-state index in [1.165, 1.54) is 11.8 Å². The molecule has 7 nitrogen and oxygen atoms in total. The van der Waals surface area contributed by atoms with Gasteiger partial charge in [-0.1, -0.05) is 40.7 Å². The maximum absolute atomic E-state index is 13.0. The molecule has 134 valence electrons.